The number of nitrogens with two attached hydrogens (primary N) is 2. The van der Waals surface area contributed by atoms with Gasteiger partial charge in [0.15, 0.2) is 5.11 Å². The summed E-state index contributed by atoms with van der Waals surface area (Å²) in [5.74, 6) is -0.489. The molecule has 8 nitrogen and oxygen atoms in total. The summed E-state index contributed by atoms with van der Waals surface area (Å²) in [6.45, 7) is 1.52. The minimum absolute atomic E-state index is 0. The number of carbonyl (C=O) groups is 2. The number of pyridine rings is 1. The van der Waals surface area contributed by atoms with Crippen LogP contribution in [0.1, 0.15) is 35.2 Å². The van der Waals surface area contributed by atoms with Gasteiger partial charge in [-0.25, -0.2) is 4.79 Å². The van der Waals surface area contributed by atoms with Crippen LogP contribution in [0.15, 0.2) is 42.7 Å². The quantitative estimate of drug-likeness (QED) is 0.477. The number of urea groups is 1. The van der Waals surface area contributed by atoms with Crippen LogP contribution < -0.4 is 27.0 Å². The maximum atomic E-state index is 13.2. The van der Waals surface area contributed by atoms with Crippen molar-refractivity contribution < 1.29 is 22.8 Å². The Balaban J connectivity index is 0.00000101. The Hall–Kier alpha value is -3.06. The number of halogens is 3. The Morgan fingerprint density at radius 3 is 2.27 bits per heavy atom. The number of primary amides is 2. The lowest BCUT2D eigenvalue weighted by molar-refractivity contribution is -0.137. The van der Waals surface area contributed by atoms with Crippen LogP contribution in [0, 0.1) is 0 Å². The predicted octanol–water partition coefficient (Wildman–Crippen LogP) is 3.35. The van der Waals surface area contributed by atoms with Crippen LogP contribution in [0.4, 0.5) is 29.3 Å². The Labute approximate surface area is 201 Å². The molecule has 1 aliphatic rings. The van der Waals surface area contributed by atoms with E-state index in [1.165, 1.54) is 18.5 Å². The Morgan fingerprint density at radius 2 is 1.73 bits per heavy atom. The van der Waals surface area contributed by atoms with Crippen molar-refractivity contribution in [2.24, 2.45) is 11.5 Å². The topological polar surface area (TPSA) is 126 Å². The van der Waals surface area contributed by atoms with Crippen molar-refractivity contribution in [2.75, 3.05) is 23.3 Å². The highest BCUT2D eigenvalue weighted by atomic mass is 32.1. The van der Waals surface area contributed by atoms with Gasteiger partial charge in [0, 0.05) is 25.5 Å². The van der Waals surface area contributed by atoms with Crippen LogP contribution >= 0.6 is 25.7 Å². The van der Waals surface area contributed by atoms with Gasteiger partial charge in [-0.05, 0) is 61.8 Å². The molecule has 180 valence electrons. The molecule has 1 aliphatic heterocycles. The first kappa shape index (κ1) is 28.0. The number of amides is 3. The second-order valence-corrected chi connectivity index (χ2v) is 7.24. The van der Waals surface area contributed by atoms with E-state index in [2.05, 4.69) is 27.1 Å². The Kier molecular flexibility index (Phi) is 10.9. The molecule has 0 saturated carbocycles. The average molecular weight is 503 g/mol. The minimum atomic E-state index is -4.47. The second-order valence-electron chi connectivity index (χ2n) is 6.83. The van der Waals surface area contributed by atoms with Crippen molar-refractivity contribution in [1.29, 1.82) is 0 Å². The highest BCUT2D eigenvalue weighted by Crippen LogP contribution is 2.36. The van der Waals surface area contributed by atoms with Gasteiger partial charge in [-0.2, -0.15) is 26.7 Å². The summed E-state index contributed by atoms with van der Waals surface area (Å²) in [4.78, 5) is 27.1. The van der Waals surface area contributed by atoms with Crippen LogP contribution in [0.2, 0.25) is 0 Å². The van der Waals surface area contributed by atoms with Crippen molar-refractivity contribution in [3.05, 3.63) is 53.9 Å². The lowest BCUT2D eigenvalue weighted by atomic mass is 10.1. The van der Waals surface area contributed by atoms with Gasteiger partial charge in [-0.3, -0.25) is 15.1 Å². The van der Waals surface area contributed by atoms with Gasteiger partial charge in [0.1, 0.15) is 0 Å². The van der Waals surface area contributed by atoms with Gasteiger partial charge >= 0.3 is 12.2 Å². The van der Waals surface area contributed by atoms with E-state index in [9.17, 15) is 18.0 Å². The molecule has 1 aromatic carbocycles. The molecule has 6 N–H and O–H groups in total. The third-order valence-corrected chi connectivity index (χ3v) is 4.62. The predicted molar refractivity (Wildman–Crippen MR) is 130 cm³/mol. The molecule has 2 aromatic rings. The fourth-order valence-electron chi connectivity index (χ4n) is 3.05. The first-order valence-electron chi connectivity index (χ1n) is 9.61. The molecule has 0 bridgehead atoms. The number of nitrogens with zero attached hydrogens (tertiary/aromatic N) is 2. The molecule has 0 unspecified atom stereocenters. The van der Waals surface area contributed by atoms with E-state index in [1.807, 2.05) is 4.90 Å². The number of hydrogen-bond donors (Lipinski definition) is 4. The molecule has 3 rings (SSSR count). The SMILES string of the molecule is NC(N)=O.O=C(NC(=S)Nc1cc(C(F)(F)F)ccc1N1CCCCC1)c1cccnc1.S. The van der Waals surface area contributed by atoms with Gasteiger partial charge in [0.25, 0.3) is 5.91 Å². The molecule has 3 amide bonds. The van der Waals surface area contributed by atoms with Crippen molar-refractivity contribution in [3.63, 3.8) is 0 Å². The first-order chi connectivity index (χ1) is 15.1. The number of hydrogen-bond acceptors (Lipinski definition) is 5. The Morgan fingerprint density at radius 1 is 1.09 bits per heavy atom. The maximum Gasteiger partial charge on any atom is 0.416 e. The van der Waals surface area contributed by atoms with E-state index in [1.54, 1.807) is 12.1 Å². The highest BCUT2D eigenvalue weighted by molar-refractivity contribution is 7.80. The van der Waals surface area contributed by atoms with Crippen molar-refractivity contribution in [2.45, 2.75) is 25.4 Å². The summed E-state index contributed by atoms with van der Waals surface area (Å²) >= 11 is 5.15. The smallest absolute Gasteiger partial charge is 0.370 e. The number of alkyl halides is 3. The van der Waals surface area contributed by atoms with Crippen LogP contribution in [0.3, 0.4) is 0 Å². The molecule has 0 spiro atoms. The van der Waals surface area contributed by atoms with Crippen LogP contribution in [-0.2, 0) is 6.18 Å². The monoisotopic (exact) mass is 502 g/mol. The molecular weight excluding hydrogens is 477 g/mol. The number of benzene rings is 1. The lowest BCUT2D eigenvalue weighted by Crippen LogP contribution is -2.35. The first-order valence-corrected chi connectivity index (χ1v) is 10.0. The molecule has 1 fully saturated rings. The van der Waals surface area contributed by atoms with Gasteiger partial charge < -0.3 is 21.7 Å². The average Bonchev–Trinajstić information content (AvgIpc) is 2.74. The minimum Gasteiger partial charge on any atom is -0.370 e. The number of piperidine rings is 1. The fourth-order valence-corrected chi connectivity index (χ4v) is 3.25. The van der Waals surface area contributed by atoms with E-state index in [4.69, 9.17) is 17.0 Å². The Bertz CT molecular complexity index is 951. The molecule has 1 saturated heterocycles. The molecule has 13 heteroatoms. The highest BCUT2D eigenvalue weighted by Gasteiger charge is 2.31. The number of thiocarbonyl (C=S) groups is 1. The lowest BCUT2D eigenvalue weighted by Gasteiger charge is -2.31. The van der Waals surface area contributed by atoms with Gasteiger partial charge in [0.05, 0.1) is 22.5 Å². The van der Waals surface area contributed by atoms with E-state index in [0.717, 1.165) is 44.5 Å². The molecule has 0 atom stereocenters. The van der Waals surface area contributed by atoms with E-state index in [0.29, 0.717) is 11.3 Å². The molecule has 2 heterocycles. The fraction of sp³-hybridized carbons (Fsp3) is 0.300. The van der Waals surface area contributed by atoms with Crippen molar-refractivity contribution in [3.8, 4) is 0 Å². The summed E-state index contributed by atoms with van der Waals surface area (Å²) in [5, 5.41) is 5.16. The molecular formula is C20H25F3N6O2S2. The molecule has 1 aromatic heterocycles. The summed E-state index contributed by atoms with van der Waals surface area (Å²) in [5.41, 5.74) is 8.86. The zero-order chi connectivity index (χ0) is 23.7. The zero-order valence-corrected chi connectivity index (χ0v) is 19.3. The number of nitrogens with one attached hydrogen (secondary N) is 2. The van der Waals surface area contributed by atoms with E-state index < -0.39 is 23.7 Å². The number of aromatic nitrogens is 1. The largest absolute Gasteiger partial charge is 0.416 e. The van der Waals surface area contributed by atoms with Gasteiger partial charge in [-0.15, -0.1) is 0 Å². The normalized spacial score (nSPS) is 13.0. The summed E-state index contributed by atoms with van der Waals surface area (Å²) < 4.78 is 39.5. The molecule has 0 radical (unpaired) electrons. The number of anilines is 2. The zero-order valence-electron chi connectivity index (χ0n) is 17.5. The van der Waals surface area contributed by atoms with E-state index >= 15 is 0 Å². The van der Waals surface area contributed by atoms with Gasteiger partial charge in [-0.1, -0.05) is 0 Å². The van der Waals surface area contributed by atoms with Crippen molar-refractivity contribution >= 4 is 54.1 Å². The van der Waals surface area contributed by atoms with Crippen LogP contribution in [-0.4, -0.2) is 35.1 Å². The van der Waals surface area contributed by atoms with Crippen LogP contribution in [0.25, 0.3) is 0 Å². The molecule has 0 aliphatic carbocycles. The van der Waals surface area contributed by atoms with Gasteiger partial charge in [0.2, 0.25) is 0 Å². The third kappa shape index (κ3) is 9.14. The maximum absolute atomic E-state index is 13.2. The standard InChI is InChI=1S/C19H19F3N4OS.CH4N2O.H2S/c20-19(21,22)14-6-7-16(26-9-2-1-3-10-26)15(11-14)24-18(28)25-17(27)13-5-4-8-23-12-13;2-1(3)4;/h4-8,11-12H,1-3,9-10H2,(H2,24,25,27,28);(H4,2,3,4);1H2. The summed E-state index contributed by atoms with van der Waals surface area (Å²) in [7, 11) is 0. The molecule has 33 heavy (non-hydrogen) atoms. The summed E-state index contributed by atoms with van der Waals surface area (Å²) in [6, 6.07) is 5.86. The summed E-state index contributed by atoms with van der Waals surface area (Å²) in [6.07, 6.45) is 1.48. The van der Waals surface area contributed by atoms with Crippen molar-refractivity contribution in [1.82, 2.24) is 10.3 Å². The third-order valence-electron chi connectivity index (χ3n) is 4.42. The number of carbonyl (C=O) groups excluding carboxylic acids is 2. The van der Waals surface area contributed by atoms with E-state index in [-0.39, 0.29) is 24.3 Å². The van der Waals surface area contributed by atoms with Crippen LogP contribution in [0.5, 0.6) is 0 Å². The number of rotatable bonds is 3. The second kappa shape index (κ2) is 12.8.